The summed E-state index contributed by atoms with van der Waals surface area (Å²) >= 11 is 6.14. The highest BCUT2D eigenvalue weighted by atomic mass is 35.5. The van der Waals surface area contributed by atoms with E-state index in [1.165, 1.54) is 6.42 Å². The predicted molar refractivity (Wildman–Crippen MR) is 108 cm³/mol. The first-order chi connectivity index (χ1) is 13.7. The number of hydrogen-bond donors (Lipinski definition) is 0. The van der Waals surface area contributed by atoms with Gasteiger partial charge in [-0.3, -0.25) is 4.57 Å². The van der Waals surface area contributed by atoms with Crippen LogP contribution in [0.1, 0.15) is 24.8 Å². The second kappa shape index (κ2) is 8.67. The summed E-state index contributed by atoms with van der Waals surface area (Å²) in [5, 5.41) is 17.8. The van der Waals surface area contributed by atoms with Crippen LogP contribution in [0.5, 0.6) is 0 Å². The van der Waals surface area contributed by atoms with Crippen molar-refractivity contribution in [2.24, 2.45) is 0 Å². The van der Waals surface area contributed by atoms with Gasteiger partial charge in [-0.1, -0.05) is 23.7 Å². The molecule has 0 bridgehead atoms. The average molecular weight is 399 g/mol. The second-order valence-electron chi connectivity index (χ2n) is 7.02. The number of aromatic nitrogens is 5. The van der Waals surface area contributed by atoms with Gasteiger partial charge in [-0.05, 0) is 49.1 Å². The van der Waals surface area contributed by atoms with Gasteiger partial charge >= 0.3 is 0 Å². The van der Waals surface area contributed by atoms with E-state index in [9.17, 15) is 0 Å². The van der Waals surface area contributed by atoms with Crippen LogP contribution in [0.15, 0.2) is 42.6 Å². The third kappa shape index (κ3) is 4.31. The van der Waals surface area contributed by atoms with Crippen molar-refractivity contribution in [3.63, 3.8) is 0 Å². The smallest absolute Gasteiger partial charge is 0.227 e. The fourth-order valence-electron chi connectivity index (χ4n) is 3.49. The number of anilines is 1. The Kier molecular flexibility index (Phi) is 5.83. The molecule has 0 amide bonds. The molecule has 1 aromatic carbocycles. The number of halogens is 1. The van der Waals surface area contributed by atoms with E-state index in [0.29, 0.717) is 24.6 Å². The van der Waals surface area contributed by atoms with Gasteiger partial charge in [-0.15, -0.1) is 15.3 Å². The van der Waals surface area contributed by atoms with Crippen molar-refractivity contribution in [1.29, 1.82) is 0 Å². The summed E-state index contributed by atoms with van der Waals surface area (Å²) < 4.78 is 8.05. The standard InChI is InChI=1S/C20H23ClN6O/c1-26(13-15-6-4-7-16(21)12-15)20-25-24-19(18-9-5-10-22-23-18)27(20)14-17-8-2-3-11-28-17/h4-7,9-10,12,17H,2-3,8,11,13-14H2,1H3. The molecule has 7 nitrogen and oxygen atoms in total. The zero-order valence-corrected chi connectivity index (χ0v) is 16.6. The third-order valence-electron chi connectivity index (χ3n) is 4.84. The maximum Gasteiger partial charge on any atom is 0.227 e. The predicted octanol–water partition coefficient (Wildman–Crippen LogP) is 3.59. The van der Waals surface area contributed by atoms with Crippen LogP contribution in [0.2, 0.25) is 5.02 Å². The second-order valence-corrected chi connectivity index (χ2v) is 7.45. The maximum atomic E-state index is 6.14. The van der Waals surface area contributed by atoms with E-state index in [2.05, 4.69) is 35.9 Å². The van der Waals surface area contributed by atoms with Crippen LogP contribution in [0.25, 0.3) is 11.5 Å². The minimum atomic E-state index is 0.151. The Morgan fingerprint density at radius 2 is 2.11 bits per heavy atom. The quantitative estimate of drug-likeness (QED) is 0.632. The highest BCUT2D eigenvalue weighted by Crippen LogP contribution is 2.25. The van der Waals surface area contributed by atoms with Gasteiger partial charge in [-0.2, -0.15) is 5.10 Å². The zero-order valence-electron chi connectivity index (χ0n) is 15.8. The molecule has 4 rings (SSSR count). The van der Waals surface area contributed by atoms with Crippen molar-refractivity contribution in [3.8, 4) is 11.5 Å². The van der Waals surface area contributed by atoms with Gasteiger partial charge in [0.1, 0.15) is 5.69 Å². The van der Waals surface area contributed by atoms with Crippen molar-refractivity contribution in [1.82, 2.24) is 25.0 Å². The van der Waals surface area contributed by atoms with Crippen molar-refractivity contribution >= 4 is 17.5 Å². The van der Waals surface area contributed by atoms with Gasteiger partial charge in [0.15, 0.2) is 5.82 Å². The first-order valence-corrected chi connectivity index (χ1v) is 9.87. The van der Waals surface area contributed by atoms with Gasteiger partial charge in [0.05, 0.1) is 12.6 Å². The van der Waals surface area contributed by atoms with E-state index in [4.69, 9.17) is 16.3 Å². The van der Waals surface area contributed by atoms with Crippen LogP contribution in [0, 0.1) is 0 Å². The summed E-state index contributed by atoms with van der Waals surface area (Å²) in [5.74, 6) is 1.48. The van der Waals surface area contributed by atoms with E-state index >= 15 is 0 Å². The Hall–Kier alpha value is -2.51. The SMILES string of the molecule is CN(Cc1cccc(Cl)c1)c1nnc(-c2cccnn2)n1CC1CCCCO1. The number of nitrogens with zero attached hydrogens (tertiary/aromatic N) is 6. The van der Waals surface area contributed by atoms with Gasteiger partial charge in [0, 0.05) is 31.4 Å². The summed E-state index contributed by atoms with van der Waals surface area (Å²) in [6, 6.07) is 11.6. The molecule has 0 aliphatic carbocycles. The van der Waals surface area contributed by atoms with Crippen LogP contribution < -0.4 is 4.90 Å². The summed E-state index contributed by atoms with van der Waals surface area (Å²) in [6.45, 7) is 2.17. The summed E-state index contributed by atoms with van der Waals surface area (Å²) in [5.41, 5.74) is 1.81. The lowest BCUT2D eigenvalue weighted by Crippen LogP contribution is -2.28. The number of hydrogen-bond acceptors (Lipinski definition) is 6. The Bertz CT molecular complexity index is 910. The van der Waals surface area contributed by atoms with Crippen LogP contribution >= 0.6 is 11.6 Å². The maximum absolute atomic E-state index is 6.14. The van der Waals surface area contributed by atoms with Crippen molar-refractivity contribution < 1.29 is 4.74 Å². The lowest BCUT2D eigenvalue weighted by atomic mass is 10.1. The molecule has 1 atom stereocenters. The van der Waals surface area contributed by atoms with E-state index in [1.807, 2.05) is 37.4 Å². The molecule has 0 saturated carbocycles. The molecule has 1 unspecified atom stereocenters. The first kappa shape index (κ1) is 18.8. The van der Waals surface area contributed by atoms with Crippen molar-refractivity contribution in [2.75, 3.05) is 18.6 Å². The molecule has 1 saturated heterocycles. The van der Waals surface area contributed by atoms with Crippen LogP contribution in [-0.2, 0) is 17.8 Å². The van der Waals surface area contributed by atoms with E-state index in [-0.39, 0.29) is 6.10 Å². The van der Waals surface area contributed by atoms with Gasteiger partial charge in [0.2, 0.25) is 5.95 Å². The fraction of sp³-hybridized carbons (Fsp3) is 0.400. The molecule has 1 aliphatic rings. The topological polar surface area (TPSA) is 69.0 Å². The highest BCUT2D eigenvalue weighted by Gasteiger charge is 2.23. The largest absolute Gasteiger partial charge is 0.376 e. The molecule has 3 heterocycles. The van der Waals surface area contributed by atoms with Gasteiger partial charge in [0.25, 0.3) is 0 Å². The molecule has 0 radical (unpaired) electrons. The Morgan fingerprint density at radius 3 is 2.86 bits per heavy atom. The molecule has 28 heavy (non-hydrogen) atoms. The van der Waals surface area contributed by atoms with Crippen LogP contribution in [-0.4, -0.2) is 44.7 Å². The molecule has 3 aromatic rings. The molecule has 0 spiro atoms. The molecule has 146 valence electrons. The normalized spacial score (nSPS) is 16.9. The van der Waals surface area contributed by atoms with Crippen LogP contribution in [0.4, 0.5) is 5.95 Å². The Labute approximate surface area is 169 Å². The Balaban J connectivity index is 1.64. The van der Waals surface area contributed by atoms with Crippen LogP contribution in [0.3, 0.4) is 0 Å². The van der Waals surface area contributed by atoms with Crippen molar-refractivity contribution in [3.05, 3.63) is 53.2 Å². The first-order valence-electron chi connectivity index (χ1n) is 9.49. The average Bonchev–Trinajstić information content (AvgIpc) is 3.13. The monoisotopic (exact) mass is 398 g/mol. The third-order valence-corrected chi connectivity index (χ3v) is 5.08. The summed E-state index contributed by atoms with van der Waals surface area (Å²) in [6.07, 6.45) is 5.15. The fourth-order valence-corrected chi connectivity index (χ4v) is 3.70. The van der Waals surface area contributed by atoms with E-state index in [1.54, 1.807) is 6.20 Å². The lowest BCUT2D eigenvalue weighted by Gasteiger charge is -2.26. The van der Waals surface area contributed by atoms with Gasteiger partial charge in [-0.25, -0.2) is 0 Å². The minimum absolute atomic E-state index is 0.151. The molecule has 8 heteroatoms. The molecule has 0 N–H and O–H groups in total. The summed E-state index contributed by atoms with van der Waals surface area (Å²) in [7, 11) is 2.00. The van der Waals surface area contributed by atoms with E-state index in [0.717, 1.165) is 36.0 Å². The zero-order chi connectivity index (χ0) is 19.3. The molecular formula is C20H23ClN6O. The molecular weight excluding hydrogens is 376 g/mol. The molecule has 1 fully saturated rings. The summed E-state index contributed by atoms with van der Waals surface area (Å²) in [4.78, 5) is 2.07. The number of ether oxygens (including phenoxy) is 1. The number of benzene rings is 1. The molecule has 2 aromatic heterocycles. The van der Waals surface area contributed by atoms with Gasteiger partial charge < -0.3 is 9.64 Å². The number of rotatable bonds is 6. The van der Waals surface area contributed by atoms with Crippen molar-refractivity contribution in [2.45, 2.75) is 38.5 Å². The van der Waals surface area contributed by atoms with E-state index < -0.39 is 0 Å². The highest BCUT2D eigenvalue weighted by molar-refractivity contribution is 6.30. The lowest BCUT2D eigenvalue weighted by molar-refractivity contribution is 0.00638. The minimum Gasteiger partial charge on any atom is -0.376 e. The Morgan fingerprint density at radius 1 is 1.18 bits per heavy atom. The molecule has 1 aliphatic heterocycles.